The lowest BCUT2D eigenvalue weighted by molar-refractivity contribution is 0.0465. The molecule has 0 heterocycles. The molecule has 25 heavy (non-hydrogen) atoms. The molecule has 0 radical (unpaired) electrons. The van der Waals surface area contributed by atoms with Gasteiger partial charge in [0.1, 0.15) is 18.0 Å². The number of rotatable bonds is 4. The van der Waals surface area contributed by atoms with Crippen molar-refractivity contribution < 1.29 is 19.2 Å². The Balaban J connectivity index is 1.91. The number of fused-ring (bicyclic) bond motifs is 1. The number of ether oxygens (including phenoxy) is 1. The number of hydrogen-bond acceptors (Lipinski definition) is 4. The molecular weight excluding hydrogens is 336 g/mol. The van der Waals surface area contributed by atoms with Gasteiger partial charge in [-0.3, -0.25) is 0 Å². The molecule has 0 aliphatic heterocycles. The van der Waals surface area contributed by atoms with Crippen LogP contribution in [-0.2, 0) is 10.8 Å². The highest BCUT2D eigenvalue weighted by molar-refractivity contribution is 7.88. The molecule has 0 fully saturated rings. The van der Waals surface area contributed by atoms with E-state index >= 15 is 0 Å². The molecule has 1 aliphatic carbocycles. The first-order valence-electron chi connectivity index (χ1n) is 7.91. The fourth-order valence-corrected chi connectivity index (χ4v) is 3.59. The molecule has 1 unspecified atom stereocenters. The van der Waals surface area contributed by atoms with Gasteiger partial charge in [-0.2, -0.15) is 0 Å². The van der Waals surface area contributed by atoms with Crippen molar-refractivity contribution in [3.05, 3.63) is 76.7 Å². The molecule has 3 rings (SSSR count). The fraction of sp³-hybridized carbons (Fsp3) is 0.200. The van der Waals surface area contributed by atoms with E-state index in [0.29, 0.717) is 16.2 Å². The third-order valence-corrected chi connectivity index (χ3v) is 5.31. The number of aryl methyl sites for hydroxylation is 1. The van der Waals surface area contributed by atoms with Gasteiger partial charge in [0.25, 0.3) is 0 Å². The van der Waals surface area contributed by atoms with Gasteiger partial charge in [0.2, 0.25) is 0 Å². The predicted molar refractivity (Wildman–Crippen MR) is 98.7 cm³/mol. The molecule has 3 atom stereocenters. The topological polar surface area (TPSA) is 66.8 Å². The van der Waals surface area contributed by atoms with Crippen LogP contribution in [0.15, 0.2) is 64.9 Å². The summed E-state index contributed by atoms with van der Waals surface area (Å²) in [7, 11) is 0.264. The molecule has 130 valence electrons. The van der Waals surface area contributed by atoms with Crippen molar-refractivity contribution in [1.29, 1.82) is 0 Å². The normalized spacial score (nSPS) is 20.9. The summed E-state index contributed by atoms with van der Waals surface area (Å²) in [6.07, 6.45) is 1.26. The summed E-state index contributed by atoms with van der Waals surface area (Å²) < 4.78 is 17.6. The van der Waals surface area contributed by atoms with E-state index in [9.17, 15) is 14.4 Å². The first-order valence-corrected chi connectivity index (χ1v) is 9.12. The van der Waals surface area contributed by atoms with Crippen LogP contribution in [-0.4, -0.2) is 27.6 Å². The summed E-state index contributed by atoms with van der Waals surface area (Å²) in [5.74, 6) is 0.610. The van der Waals surface area contributed by atoms with Crippen LogP contribution in [0.2, 0.25) is 0 Å². The van der Waals surface area contributed by atoms with Crippen LogP contribution >= 0.6 is 0 Å². The van der Waals surface area contributed by atoms with Crippen LogP contribution in [0.4, 0.5) is 0 Å². The Morgan fingerprint density at radius 1 is 1.12 bits per heavy atom. The molecule has 0 amide bonds. The Morgan fingerprint density at radius 2 is 1.84 bits per heavy atom. The molecule has 2 N–H and O–H groups in total. The smallest absolute Gasteiger partial charge is 0.119 e. The van der Waals surface area contributed by atoms with Gasteiger partial charge in [0, 0.05) is 10.3 Å². The SMILES string of the molecule is COc1ccc2c(c1)[C@@H](O)[C@H](O)C=C2/C=C\S(=O)c1ccc(C)cc1. The van der Waals surface area contributed by atoms with Gasteiger partial charge in [0.15, 0.2) is 0 Å². The first kappa shape index (κ1) is 17.6. The van der Waals surface area contributed by atoms with Crippen molar-refractivity contribution in [2.75, 3.05) is 7.11 Å². The summed E-state index contributed by atoms with van der Waals surface area (Å²) in [6, 6.07) is 12.8. The van der Waals surface area contributed by atoms with Crippen LogP contribution in [0.5, 0.6) is 5.75 Å². The van der Waals surface area contributed by atoms with Gasteiger partial charge in [-0.05, 0) is 60.0 Å². The summed E-state index contributed by atoms with van der Waals surface area (Å²) in [5.41, 5.74) is 3.21. The second-order valence-corrected chi connectivity index (χ2v) is 7.26. The van der Waals surface area contributed by atoms with Crippen molar-refractivity contribution in [2.45, 2.75) is 24.0 Å². The number of aliphatic hydroxyl groups is 2. The first-order chi connectivity index (χ1) is 12.0. The summed E-state index contributed by atoms with van der Waals surface area (Å²) in [4.78, 5) is 0.716. The third-order valence-electron chi connectivity index (χ3n) is 4.19. The number of hydrogen-bond donors (Lipinski definition) is 2. The lowest BCUT2D eigenvalue weighted by Crippen LogP contribution is -2.21. The zero-order chi connectivity index (χ0) is 18.0. The number of aliphatic hydroxyl groups excluding tert-OH is 2. The fourth-order valence-electron chi connectivity index (χ4n) is 2.76. The standard InChI is InChI=1S/C20H20O4S/c1-13-3-6-16(7-4-13)25(23)10-9-14-11-19(21)20(22)18-12-15(24-2)5-8-17(14)18/h3-12,19-22H,1-2H3/b10-9-/t19-,20-,25?/m1/s1. The Hall–Kier alpha value is -2.21. The van der Waals surface area contributed by atoms with E-state index in [1.165, 1.54) is 0 Å². The molecule has 1 aliphatic rings. The molecule has 4 nitrogen and oxygen atoms in total. The van der Waals surface area contributed by atoms with Gasteiger partial charge in [-0.25, -0.2) is 4.21 Å². The maximum Gasteiger partial charge on any atom is 0.119 e. The zero-order valence-corrected chi connectivity index (χ0v) is 14.9. The summed E-state index contributed by atoms with van der Waals surface area (Å²) >= 11 is 0. The molecule has 0 bridgehead atoms. The van der Waals surface area contributed by atoms with E-state index in [1.807, 2.05) is 37.3 Å². The minimum absolute atomic E-state index is 0.593. The monoisotopic (exact) mass is 356 g/mol. The average Bonchev–Trinajstić information content (AvgIpc) is 2.63. The highest BCUT2D eigenvalue weighted by Gasteiger charge is 2.26. The van der Waals surface area contributed by atoms with Gasteiger partial charge in [0.05, 0.1) is 17.9 Å². The number of methoxy groups -OCH3 is 1. The maximum atomic E-state index is 12.4. The molecule has 0 saturated carbocycles. The van der Waals surface area contributed by atoms with Crippen LogP contribution in [0, 0.1) is 6.92 Å². The third kappa shape index (κ3) is 3.74. The van der Waals surface area contributed by atoms with Gasteiger partial charge in [-0.1, -0.05) is 23.8 Å². The highest BCUT2D eigenvalue weighted by Crippen LogP contribution is 2.36. The van der Waals surface area contributed by atoms with Crippen LogP contribution in [0.1, 0.15) is 22.8 Å². The summed E-state index contributed by atoms with van der Waals surface area (Å²) in [6.45, 7) is 1.98. The lowest BCUT2D eigenvalue weighted by Gasteiger charge is -2.25. The van der Waals surface area contributed by atoms with Gasteiger partial charge >= 0.3 is 0 Å². The quantitative estimate of drug-likeness (QED) is 0.883. The van der Waals surface area contributed by atoms with Crippen molar-refractivity contribution >= 4 is 16.4 Å². The van der Waals surface area contributed by atoms with Crippen LogP contribution in [0.3, 0.4) is 0 Å². The Labute approximate surface area is 149 Å². The van der Waals surface area contributed by atoms with Crippen LogP contribution in [0.25, 0.3) is 5.57 Å². The Morgan fingerprint density at radius 3 is 2.52 bits per heavy atom. The largest absolute Gasteiger partial charge is 0.497 e. The Bertz CT molecular complexity index is 852. The maximum absolute atomic E-state index is 12.4. The second kappa shape index (κ2) is 7.35. The van der Waals surface area contributed by atoms with Gasteiger partial charge < -0.3 is 14.9 Å². The molecule has 2 aromatic carbocycles. The summed E-state index contributed by atoms with van der Waals surface area (Å²) in [5, 5.41) is 21.9. The van der Waals surface area contributed by atoms with Crippen molar-refractivity contribution in [3.8, 4) is 5.75 Å². The molecule has 2 aromatic rings. The van der Waals surface area contributed by atoms with Crippen molar-refractivity contribution in [2.24, 2.45) is 0 Å². The van der Waals surface area contributed by atoms with E-state index in [4.69, 9.17) is 4.74 Å². The molecule has 0 spiro atoms. The lowest BCUT2D eigenvalue weighted by atomic mass is 9.87. The zero-order valence-electron chi connectivity index (χ0n) is 14.0. The van der Waals surface area contributed by atoms with Gasteiger partial charge in [-0.15, -0.1) is 0 Å². The number of allylic oxidation sites excluding steroid dienone is 2. The van der Waals surface area contributed by atoms with Crippen LogP contribution < -0.4 is 4.74 Å². The number of benzene rings is 2. The van der Waals surface area contributed by atoms with Crippen molar-refractivity contribution in [3.63, 3.8) is 0 Å². The predicted octanol–water partition coefficient (Wildman–Crippen LogP) is 3.12. The van der Waals surface area contributed by atoms with Crippen molar-refractivity contribution in [1.82, 2.24) is 0 Å². The molecule has 0 saturated heterocycles. The molecular formula is C20H20O4S. The Kier molecular flexibility index (Phi) is 5.18. The average molecular weight is 356 g/mol. The van der Waals surface area contributed by atoms with E-state index in [-0.39, 0.29) is 0 Å². The highest BCUT2D eigenvalue weighted by atomic mass is 32.2. The second-order valence-electron chi connectivity index (χ2n) is 5.92. The van der Waals surface area contributed by atoms with E-state index in [0.717, 1.165) is 16.7 Å². The minimum Gasteiger partial charge on any atom is -0.497 e. The minimum atomic E-state index is -1.29. The van der Waals surface area contributed by atoms with E-state index in [1.54, 1.807) is 36.8 Å². The van der Waals surface area contributed by atoms with E-state index in [2.05, 4.69) is 0 Å². The molecule has 5 heteroatoms. The molecule has 0 aromatic heterocycles. The van der Waals surface area contributed by atoms with E-state index < -0.39 is 23.0 Å².